The second-order valence-corrected chi connectivity index (χ2v) is 5.96. The maximum Gasteiger partial charge on any atom is 0.240 e. The summed E-state index contributed by atoms with van der Waals surface area (Å²) in [6.07, 6.45) is 3.40. The molecule has 18 heavy (non-hydrogen) atoms. The summed E-state index contributed by atoms with van der Waals surface area (Å²) < 4.78 is 0. The first kappa shape index (κ1) is 15.0. The number of amides is 2. The first-order valence-corrected chi connectivity index (χ1v) is 6.65. The highest BCUT2D eigenvalue weighted by Crippen LogP contribution is 2.30. The van der Waals surface area contributed by atoms with Crippen LogP contribution in [0.4, 0.5) is 0 Å². The van der Waals surface area contributed by atoms with Crippen LogP contribution in [-0.4, -0.2) is 23.4 Å². The number of nitrogens with one attached hydrogen (secondary N) is 1. The Hall–Kier alpha value is -1.10. The van der Waals surface area contributed by atoms with E-state index in [0.29, 0.717) is 18.8 Å². The van der Waals surface area contributed by atoms with Crippen LogP contribution in [0, 0.1) is 11.8 Å². The summed E-state index contributed by atoms with van der Waals surface area (Å²) in [5.74, 6) is -0.339. The highest BCUT2D eigenvalue weighted by atomic mass is 16.2. The molecular formula is C13H25N3O2. The minimum Gasteiger partial charge on any atom is -0.368 e. The van der Waals surface area contributed by atoms with Gasteiger partial charge in [-0.1, -0.05) is 33.6 Å². The monoisotopic (exact) mass is 255 g/mol. The second-order valence-electron chi connectivity index (χ2n) is 5.96. The molecule has 1 fully saturated rings. The Labute approximate surface area is 109 Å². The second kappa shape index (κ2) is 5.69. The Morgan fingerprint density at radius 3 is 2.44 bits per heavy atom. The van der Waals surface area contributed by atoms with Crippen molar-refractivity contribution in [3.63, 3.8) is 0 Å². The van der Waals surface area contributed by atoms with Gasteiger partial charge in [0.15, 0.2) is 0 Å². The molecule has 1 aliphatic rings. The summed E-state index contributed by atoms with van der Waals surface area (Å²) in [4.78, 5) is 23.5. The highest BCUT2D eigenvalue weighted by Gasteiger charge is 2.39. The normalized spacial score (nSPS) is 29.9. The van der Waals surface area contributed by atoms with E-state index in [-0.39, 0.29) is 11.8 Å². The van der Waals surface area contributed by atoms with E-state index < -0.39 is 17.5 Å². The lowest BCUT2D eigenvalue weighted by atomic mass is 9.76. The summed E-state index contributed by atoms with van der Waals surface area (Å²) in [6.45, 7) is 5.80. The summed E-state index contributed by atoms with van der Waals surface area (Å²) in [5, 5.41) is 2.71. The van der Waals surface area contributed by atoms with Crippen molar-refractivity contribution in [1.29, 1.82) is 0 Å². The first-order valence-electron chi connectivity index (χ1n) is 6.65. The van der Waals surface area contributed by atoms with Gasteiger partial charge in [-0.2, -0.15) is 0 Å². The van der Waals surface area contributed by atoms with Gasteiger partial charge in [-0.05, 0) is 24.7 Å². The number of rotatable bonds is 4. The molecule has 1 saturated carbocycles. The van der Waals surface area contributed by atoms with Crippen LogP contribution in [0.1, 0.15) is 46.5 Å². The standard InChI is InChI=1S/C13H25N3O2/c1-8(2)10(11(14)17)16-12(18)13(15)6-4-5-9(3)7-13/h8-10H,4-7,15H2,1-3H3,(H2,14,17)(H,16,18). The molecule has 0 spiro atoms. The van der Waals surface area contributed by atoms with E-state index in [1.54, 1.807) is 0 Å². The number of carbonyl (C=O) groups is 2. The van der Waals surface area contributed by atoms with Gasteiger partial charge < -0.3 is 16.8 Å². The van der Waals surface area contributed by atoms with Crippen molar-refractivity contribution in [2.24, 2.45) is 23.3 Å². The van der Waals surface area contributed by atoms with Crippen molar-refractivity contribution in [3.8, 4) is 0 Å². The van der Waals surface area contributed by atoms with Gasteiger partial charge >= 0.3 is 0 Å². The number of nitrogens with two attached hydrogens (primary N) is 2. The summed E-state index contributed by atoms with van der Waals surface area (Å²) in [6, 6.07) is -0.643. The molecule has 1 aliphatic carbocycles. The molecule has 5 nitrogen and oxygen atoms in total. The minimum atomic E-state index is -0.847. The SMILES string of the molecule is CC1CCCC(N)(C(=O)NC(C(N)=O)C(C)C)C1. The van der Waals surface area contributed by atoms with E-state index in [9.17, 15) is 9.59 Å². The predicted octanol–water partition coefficient (Wildman–Crippen LogP) is 0.520. The first-order chi connectivity index (χ1) is 8.26. The van der Waals surface area contributed by atoms with Gasteiger partial charge in [0.2, 0.25) is 11.8 Å². The predicted molar refractivity (Wildman–Crippen MR) is 70.5 cm³/mol. The van der Waals surface area contributed by atoms with Gasteiger partial charge in [0.05, 0.1) is 5.54 Å². The third kappa shape index (κ3) is 3.45. The van der Waals surface area contributed by atoms with Crippen LogP contribution in [-0.2, 0) is 9.59 Å². The number of primary amides is 1. The van der Waals surface area contributed by atoms with E-state index in [2.05, 4.69) is 12.2 Å². The van der Waals surface area contributed by atoms with E-state index in [4.69, 9.17) is 11.5 Å². The molecule has 2 amide bonds. The van der Waals surface area contributed by atoms with Crippen molar-refractivity contribution < 1.29 is 9.59 Å². The highest BCUT2D eigenvalue weighted by molar-refractivity contribution is 5.91. The van der Waals surface area contributed by atoms with Gasteiger partial charge in [0.1, 0.15) is 6.04 Å². The van der Waals surface area contributed by atoms with Gasteiger partial charge in [-0.25, -0.2) is 0 Å². The third-order valence-corrected chi connectivity index (χ3v) is 3.74. The van der Waals surface area contributed by atoms with Gasteiger partial charge in [-0.3, -0.25) is 9.59 Å². The summed E-state index contributed by atoms with van der Waals surface area (Å²) >= 11 is 0. The molecule has 0 bridgehead atoms. The van der Waals surface area contributed by atoms with Gasteiger partial charge in [0, 0.05) is 0 Å². The fraction of sp³-hybridized carbons (Fsp3) is 0.846. The lowest BCUT2D eigenvalue weighted by Gasteiger charge is -2.36. The van der Waals surface area contributed by atoms with E-state index in [1.165, 1.54) is 0 Å². The van der Waals surface area contributed by atoms with Crippen LogP contribution in [0.5, 0.6) is 0 Å². The van der Waals surface area contributed by atoms with E-state index in [1.807, 2.05) is 13.8 Å². The molecule has 5 heteroatoms. The zero-order valence-electron chi connectivity index (χ0n) is 11.5. The molecule has 0 heterocycles. The molecule has 0 saturated heterocycles. The molecule has 0 aromatic heterocycles. The van der Waals surface area contributed by atoms with Crippen LogP contribution in [0.3, 0.4) is 0 Å². The van der Waals surface area contributed by atoms with E-state index >= 15 is 0 Å². The molecule has 3 atom stereocenters. The Morgan fingerprint density at radius 2 is 2.00 bits per heavy atom. The largest absolute Gasteiger partial charge is 0.368 e. The average Bonchev–Trinajstić information content (AvgIpc) is 2.24. The quantitative estimate of drug-likeness (QED) is 0.683. The van der Waals surface area contributed by atoms with Crippen LogP contribution >= 0.6 is 0 Å². The Balaban J connectivity index is 2.71. The van der Waals surface area contributed by atoms with Crippen LogP contribution in [0.2, 0.25) is 0 Å². The lowest BCUT2D eigenvalue weighted by molar-refractivity contribution is -0.133. The Kier molecular flexibility index (Phi) is 4.73. The Bertz CT molecular complexity index is 330. The van der Waals surface area contributed by atoms with Crippen LogP contribution in [0.15, 0.2) is 0 Å². The summed E-state index contributed by atoms with van der Waals surface area (Å²) in [5.41, 5.74) is 10.6. The maximum atomic E-state index is 12.2. The molecule has 3 unspecified atom stereocenters. The van der Waals surface area contributed by atoms with Crippen LogP contribution in [0.25, 0.3) is 0 Å². The van der Waals surface area contributed by atoms with Crippen molar-refractivity contribution >= 4 is 11.8 Å². The zero-order chi connectivity index (χ0) is 13.9. The van der Waals surface area contributed by atoms with Gasteiger partial charge in [-0.15, -0.1) is 0 Å². The van der Waals surface area contributed by atoms with Crippen molar-refractivity contribution in [2.45, 2.75) is 58.0 Å². The topological polar surface area (TPSA) is 98.2 Å². The fourth-order valence-corrected chi connectivity index (χ4v) is 2.65. The molecule has 0 radical (unpaired) electrons. The maximum absolute atomic E-state index is 12.2. The number of hydrogen-bond donors (Lipinski definition) is 3. The smallest absolute Gasteiger partial charge is 0.240 e. The fourth-order valence-electron chi connectivity index (χ4n) is 2.65. The average molecular weight is 255 g/mol. The molecule has 1 rings (SSSR count). The molecule has 104 valence electrons. The van der Waals surface area contributed by atoms with E-state index in [0.717, 1.165) is 12.8 Å². The summed E-state index contributed by atoms with van der Waals surface area (Å²) in [7, 11) is 0. The van der Waals surface area contributed by atoms with Crippen molar-refractivity contribution in [2.75, 3.05) is 0 Å². The minimum absolute atomic E-state index is 0.0314. The molecular weight excluding hydrogens is 230 g/mol. The Morgan fingerprint density at radius 1 is 1.39 bits per heavy atom. The van der Waals surface area contributed by atoms with Gasteiger partial charge in [0.25, 0.3) is 0 Å². The molecule has 0 aromatic carbocycles. The van der Waals surface area contributed by atoms with Crippen LogP contribution < -0.4 is 16.8 Å². The molecule has 0 aromatic rings. The number of hydrogen-bond acceptors (Lipinski definition) is 3. The zero-order valence-corrected chi connectivity index (χ0v) is 11.5. The molecule has 0 aliphatic heterocycles. The molecule has 5 N–H and O–H groups in total. The van der Waals surface area contributed by atoms with Crippen molar-refractivity contribution in [1.82, 2.24) is 5.32 Å². The number of carbonyl (C=O) groups excluding carboxylic acids is 2. The lowest BCUT2D eigenvalue weighted by Crippen LogP contribution is -2.60. The van der Waals surface area contributed by atoms with Crippen molar-refractivity contribution in [3.05, 3.63) is 0 Å². The third-order valence-electron chi connectivity index (χ3n) is 3.74.